The largest absolute Gasteiger partial charge is 0.493 e. The van der Waals surface area contributed by atoms with Crippen molar-refractivity contribution in [1.82, 2.24) is 4.72 Å². The summed E-state index contributed by atoms with van der Waals surface area (Å²) in [6, 6.07) is 13.4. The molecule has 0 radical (unpaired) electrons. The van der Waals surface area contributed by atoms with Crippen LogP contribution in [0.5, 0.6) is 5.75 Å². The fourth-order valence-corrected chi connectivity index (χ4v) is 3.79. The zero-order chi connectivity index (χ0) is 16.3. The Labute approximate surface area is 137 Å². The number of aryl methyl sites for hydroxylation is 2. The molecule has 0 aromatic heterocycles. The van der Waals surface area contributed by atoms with Crippen molar-refractivity contribution in [2.45, 2.75) is 32.1 Å². The summed E-state index contributed by atoms with van der Waals surface area (Å²) in [6.07, 6.45) is 1.99. The molecular formula is C18H21NO3S. The van der Waals surface area contributed by atoms with E-state index in [9.17, 15) is 8.42 Å². The van der Waals surface area contributed by atoms with Crippen molar-refractivity contribution in [3.05, 3.63) is 64.7 Å². The predicted octanol–water partition coefficient (Wildman–Crippen LogP) is 2.94. The lowest BCUT2D eigenvalue weighted by Gasteiger charge is -2.18. The van der Waals surface area contributed by atoms with Crippen molar-refractivity contribution < 1.29 is 13.2 Å². The molecule has 3 rings (SSSR count). The number of nitrogens with one attached hydrogen (secondary N) is 1. The molecule has 0 saturated heterocycles. The molecule has 1 aliphatic rings. The van der Waals surface area contributed by atoms with Crippen LogP contribution in [0.25, 0.3) is 0 Å². The van der Waals surface area contributed by atoms with Gasteiger partial charge in [-0.15, -0.1) is 0 Å². The van der Waals surface area contributed by atoms with E-state index in [1.807, 2.05) is 49.4 Å². The van der Waals surface area contributed by atoms with Gasteiger partial charge in [-0.2, -0.15) is 0 Å². The Bertz CT molecular complexity index is 782. The molecule has 0 atom stereocenters. The monoisotopic (exact) mass is 331 g/mol. The minimum absolute atomic E-state index is 0.00132. The zero-order valence-corrected chi connectivity index (χ0v) is 14.0. The van der Waals surface area contributed by atoms with Gasteiger partial charge in [-0.25, -0.2) is 13.1 Å². The molecule has 122 valence electrons. The maximum Gasteiger partial charge on any atom is 0.216 e. The molecule has 0 aliphatic carbocycles. The SMILES string of the molecule is Cc1ccc(CS(=O)(=O)NCc2ccc3c(c2)CCCO3)cc1. The maximum atomic E-state index is 12.2. The number of hydrogen-bond acceptors (Lipinski definition) is 3. The summed E-state index contributed by atoms with van der Waals surface area (Å²) < 4.78 is 32.7. The van der Waals surface area contributed by atoms with Crippen LogP contribution in [0.1, 0.15) is 28.7 Å². The van der Waals surface area contributed by atoms with Crippen molar-refractivity contribution >= 4 is 10.0 Å². The normalized spacial score (nSPS) is 14.1. The molecule has 0 spiro atoms. The first-order chi connectivity index (χ1) is 11.0. The summed E-state index contributed by atoms with van der Waals surface area (Å²) >= 11 is 0. The van der Waals surface area contributed by atoms with Gasteiger partial charge in [0.1, 0.15) is 5.75 Å². The van der Waals surface area contributed by atoms with Crippen molar-refractivity contribution in [3.8, 4) is 5.75 Å². The van der Waals surface area contributed by atoms with Gasteiger partial charge in [0.15, 0.2) is 0 Å². The fourth-order valence-electron chi connectivity index (χ4n) is 2.67. The van der Waals surface area contributed by atoms with E-state index in [1.54, 1.807) is 0 Å². The molecule has 2 aromatic carbocycles. The molecule has 4 nitrogen and oxygen atoms in total. The van der Waals surface area contributed by atoms with Gasteiger partial charge in [0, 0.05) is 6.54 Å². The van der Waals surface area contributed by atoms with E-state index in [0.29, 0.717) is 6.54 Å². The number of fused-ring (bicyclic) bond motifs is 1. The van der Waals surface area contributed by atoms with E-state index in [0.717, 1.165) is 47.5 Å². The Hall–Kier alpha value is -1.85. The summed E-state index contributed by atoms with van der Waals surface area (Å²) in [5.41, 5.74) is 4.03. The van der Waals surface area contributed by atoms with E-state index in [-0.39, 0.29) is 5.75 Å². The predicted molar refractivity (Wildman–Crippen MR) is 90.9 cm³/mol. The molecule has 1 N–H and O–H groups in total. The molecule has 2 aromatic rings. The smallest absolute Gasteiger partial charge is 0.216 e. The molecule has 0 bridgehead atoms. The van der Waals surface area contributed by atoms with Crippen LogP contribution in [0.15, 0.2) is 42.5 Å². The van der Waals surface area contributed by atoms with Gasteiger partial charge >= 0.3 is 0 Å². The van der Waals surface area contributed by atoms with Gasteiger partial charge in [0.2, 0.25) is 10.0 Å². The van der Waals surface area contributed by atoms with E-state index in [2.05, 4.69) is 4.72 Å². The van der Waals surface area contributed by atoms with Crippen LogP contribution in [0, 0.1) is 6.92 Å². The molecule has 5 heteroatoms. The molecule has 0 unspecified atom stereocenters. The van der Waals surface area contributed by atoms with Gasteiger partial charge in [-0.3, -0.25) is 0 Å². The number of hydrogen-bond donors (Lipinski definition) is 1. The second kappa shape index (κ2) is 6.72. The first kappa shape index (κ1) is 16.0. The van der Waals surface area contributed by atoms with E-state index in [1.165, 1.54) is 0 Å². The zero-order valence-electron chi connectivity index (χ0n) is 13.2. The van der Waals surface area contributed by atoms with Crippen molar-refractivity contribution in [1.29, 1.82) is 0 Å². The lowest BCUT2D eigenvalue weighted by atomic mass is 10.0. The second-order valence-corrected chi connectivity index (χ2v) is 7.77. The quantitative estimate of drug-likeness (QED) is 0.916. The maximum absolute atomic E-state index is 12.2. The number of ether oxygens (including phenoxy) is 1. The van der Waals surface area contributed by atoms with Gasteiger partial charge in [0.05, 0.1) is 12.4 Å². The topological polar surface area (TPSA) is 55.4 Å². The minimum Gasteiger partial charge on any atom is -0.493 e. The summed E-state index contributed by atoms with van der Waals surface area (Å²) in [5, 5.41) is 0. The van der Waals surface area contributed by atoms with Crippen LogP contribution in [0.3, 0.4) is 0 Å². The Morgan fingerprint density at radius 1 is 1.09 bits per heavy atom. The molecule has 0 amide bonds. The van der Waals surface area contributed by atoms with Crippen LogP contribution in [-0.2, 0) is 28.7 Å². The van der Waals surface area contributed by atoms with Crippen LogP contribution < -0.4 is 9.46 Å². The molecule has 0 saturated carbocycles. The van der Waals surface area contributed by atoms with Crippen LogP contribution in [0.2, 0.25) is 0 Å². The lowest BCUT2D eigenvalue weighted by molar-refractivity contribution is 0.288. The van der Waals surface area contributed by atoms with Gasteiger partial charge in [0.25, 0.3) is 0 Å². The summed E-state index contributed by atoms with van der Waals surface area (Å²) in [5.74, 6) is 0.920. The number of benzene rings is 2. The second-order valence-electron chi connectivity index (χ2n) is 5.96. The highest BCUT2D eigenvalue weighted by atomic mass is 32.2. The minimum atomic E-state index is -3.35. The number of rotatable bonds is 5. The highest BCUT2D eigenvalue weighted by Crippen LogP contribution is 2.25. The van der Waals surface area contributed by atoms with Crippen LogP contribution in [0.4, 0.5) is 0 Å². The number of sulfonamides is 1. The van der Waals surface area contributed by atoms with Crippen LogP contribution >= 0.6 is 0 Å². The third-order valence-electron chi connectivity index (χ3n) is 3.95. The Kier molecular flexibility index (Phi) is 4.68. The van der Waals surface area contributed by atoms with E-state index < -0.39 is 10.0 Å². The molecule has 0 fully saturated rings. The van der Waals surface area contributed by atoms with Gasteiger partial charge in [-0.1, -0.05) is 42.0 Å². The Morgan fingerprint density at radius 2 is 1.83 bits per heavy atom. The summed E-state index contributed by atoms with van der Waals surface area (Å²) in [6.45, 7) is 3.05. The first-order valence-electron chi connectivity index (χ1n) is 7.79. The van der Waals surface area contributed by atoms with Crippen molar-refractivity contribution in [3.63, 3.8) is 0 Å². The Morgan fingerprint density at radius 3 is 2.61 bits per heavy atom. The lowest BCUT2D eigenvalue weighted by Crippen LogP contribution is -2.24. The molecule has 23 heavy (non-hydrogen) atoms. The van der Waals surface area contributed by atoms with Crippen LogP contribution in [-0.4, -0.2) is 15.0 Å². The Balaban J connectivity index is 1.63. The van der Waals surface area contributed by atoms with Crippen molar-refractivity contribution in [2.75, 3.05) is 6.61 Å². The molecule has 1 aliphatic heterocycles. The molecular weight excluding hydrogens is 310 g/mol. The summed E-state index contributed by atoms with van der Waals surface area (Å²) in [7, 11) is -3.35. The van der Waals surface area contributed by atoms with E-state index in [4.69, 9.17) is 4.74 Å². The average molecular weight is 331 g/mol. The first-order valence-corrected chi connectivity index (χ1v) is 9.44. The standard InChI is InChI=1S/C18H21NO3S/c1-14-4-6-15(7-5-14)13-23(20,21)19-12-16-8-9-18-17(11-16)3-2-10-22-18/h4-9,11,19H,2-3,10,12-13H2,1H3. The highest BCUT2D eigenvalue weighted by Gasteiger charge is 2.13. The third kappa shape index (κ3) is 4.33. The third-order valence-corrected chi connectivity index (χ3v) is 5.24. The van der Waals surface area contributed by atoms with Gasteiger partial charge in [-0.05, 0) is 42.5 Å². The van der Waals surface area contributed by atoms with Gasteiger partial charge < -0.3 is 4.74 Å². The fraction of sp³-hybridized carbons (Fsp3) is 0.333. The highest BCUT2D eigenvalue weighted by molar-refractivity contribution is 7.88. The summed E-state index contributed by atoms with van der Waals surface area (Å²) in [4.78, 5) is 0. The van der Waals surface area contributed by atoms with E-state index >= 15 is 0 Å². The average Bonchev–Trinajstić information content (AvgIpc) is 2.55. The molecule has 1 heterocycles. The van der Waals surface area contributed by atoms with Crippen molar-refractivity contribution in [2.24, 2.45) is 0 Å².